The lowest BCUT2D eigenvalue weighted by molar-refractivity contribution is 0.473. The lowest BCUT2D eigenvalue weighted by Gasteiger charge is -2.07. The fraction of sp³-hybridized carbons (Fsp3) is 0.200. The second-order valence-corrected chi connectivity index (χ2v) is 4.63. The Morgan fingerprint density at radius 3 is 2.90 bits per heavy atom. The molecule has 3 rings (SSSR count). The zero-order valence-electron chi connectivity index (χ0n) is 11.0. The van der Waals surface area contributed by atoms with Gasteiger partial charge in [-0.15, -0.1) is 0 Å². The molecule has 2 heterocycles. The van der Waals surface area contributed by atoms with Crippen LogP contribution in [-0.2, 0) is 6.54 Å². The van der Waals surface area contributed by atoms with Crippen LogP contribution in [0.25, 0.3) is 22.4 Å². The predicted molar refractivity (Wildman–Crippen MR) is 74.9 cm³/mol. The molecule has 0 spiro atoms. The Balaban J connectivity index is 2.29. The number of aromatic nitrogens is 3. The van der Waals surface area contributed by atoms with Crippen LogP contribution in [0.3, 0.4) is 0 Å². The van der Waals surface area contributed by atoms with E-state index < -0.39 is 0 Å². The third kappa shape index (κ3) is 2.01. The van der Waals surface area contributed by atoms with E-state index in [0.717, 1.165) is 18.5 Å². The topological polar surface area (TPSA) is 50.9 Å². The molecule has 5 heteroatoms. The van der Waals surface area contributed by atoms with Crippen LogP contribution in [0.2, 0.25) is 0 Å². The molecule has 1 aromatic carbocycles. The van der Waals surface area contributed by atoms with Crippen molar-refractivity contribution >= 4 is 11.0 Å². The van der Waals surface area contributed by atoms with E-state index in [-0.39, 0.29) is 11.6 Å². The maximum atomic E-state index is 13.9. The lowest BCUT2D eigenvalue weighted by Crippen LogP contribution is -1.99. The average molecular weight is 271 g/mol. The van der Waals surface area contributed by atoms with Crippen molar-refractivity contribution < 1.29 is 9.50 Å². The summed E-state index contributed by atoms with van der Waals surface area (Å²) in [5, 5.41) is 9.55. The van der Waals surface area contributed by atoms with Crippen LogP contribution >= 0.6 is 0 Å². The first-order chi connectivity index (χ1) is 9.70. The Labute approximate surface area is 115 Å². The maximum absolute atomic E-state index is 13.9. The van der Waals surface area contributed by atoms with E-state index in [9.17, 15) is 9.50 Å². The van der Waals surface area contributed by atoms with Crippen molar-refractivity contribution in [3.05, 3.63) is 42.5 Å². The molecule has 0 saturated heterocycles. The smallest absolute Gasteiger partial charge is 0.151 e. The Morgan fingerprint density at radius 2 is 2.15 bits per heavy atom. The summed E-state index contributed by atoms with van der Waals surface area (Å²) in [7, 11) is 0. The molecule has 0 fully saturated rings. The van der Waals surface area contributed by atoms with E-state index in [2.05, 4.69) is 16.9 Å². The van der Waals surface area contributed by atoms with Gasteiger partial charge in [0, 0.05) is 18.3 Å². The highest BCUT2D eigenvalue weighted by atomic mass is 19.1. The van der Waals surface area contributed by atoms with Gasteiger partial charge >= 0.3 is 0 Å². The third-order valence-electron chi connectivity index (χ3n) is 3.16. The van der Waals surface area contributed by atoms with E-state index in [1.54, 1.807) is 18.3 Å². The van der Waals surface area contributed by atoms with Gasteiger partial charge in [0.05, 0.1) is 11.7 Å². The number of pyridine rings is 1. The molecule has 0 aliphatic heterocycles. The van der Waals surface area contributed by atoms with E-state index in [1.807, 2.05) is 10.6 Å². The molecule has 0 bridgehead atoms. The quantitative estimate of drug-likeness (QED) is 0.794. The first-order valence-corrected chi connectivity index (χ1v) is 6.50. The molecule has 102 valence electrons. The van der Waals surface area contributed by atoms with Crippen molar-refractivity contribution in [2.75, 3.05) is 0 Å². The number of fused-ring (bicyclic) bond motifs is 1. The van der Waals surface area contributed by atoms with Gasteiger partial charge in [-0.25, -0.2) is 9.37 Å². The highest BCUT2D eigenvalue weighted by Gasteiger charge is 2.15. The SMILES string of the molecule is CCCn1c(-c2cncc(O)c2)nc2c(F)cccc21. The van der Waals surface area contributed by atoms with Crippen molar-refractivity contribution in [3.8, 4) is 17.1 Å². The molecule has 0 aliphatic rings. The van der Waals surface area contributed by atoms with Crippen molar-refractivity contribution in [3.63, 3.8) is 0 Å². The molecule has 4 nitrogen and oxygen atoms in total. The van der Waals surface area contributed by atoms with Crippen LogP contribution in [0.5, 0.6) is 5.75 Å². The molecular formula is C15H14FN3O. The van der Waals surface area contributed by atoms with E-state index in [0.29, 0.717) is 16.9 Å². The third-order valence-corrected chi connectivity index (χ3v) is 3.16. The van der Waals surface area contributed by atoms with Crippen LogP contribution in [0.4, 0.5) is 4.39 Å². The summed E-state index contributed by atoms with van der Waals surface area (Å²) in [6.45, 7) is 2.78. The number of benzene rings is 1. The molecule has 2 aromatic heterocycles. The van der Waals surface area contributed by atoms with Gasteiger partial charge in [-0.2, -0.15) is 0 Å². The summed E-state index contributed by atoms with van der Waals surface area (Å²) in [5.74, 6) is 0.347. The fourth-order valence-electron chi connectivity index (χ4n) is 2.33. The first kappa shape index (κ1) is 12.6. The Hall–Kier alpha value is -2.43. The number of halogens is 1. The second kappa shape index (κ2) is 4.92. The summed E-state index contributed by atoms with van der Waals surface area (Å²) >= 11 is 0. The number of imidazole rings is 1. The van der Waals surface area contributed by atoms with Crippen molar-refractivity contribution in [1.29, 1.82) is 0 Å². The molecule has 3 aromatic rings. The van der Waals surface area contributed by atoms with Gasteiger partial charge in [0.1, 0.15) is 17.1 Å². The van der Waals surface area contributed by atoms with Crippen molar-refractivity contribution in [2.45, 2.75) is 19.9 Å². The molecule has 0 saturated carbocycles. The molecule has 0 unspecified atom stereocenters. The normalized spacial score (nSPS) is 11.1. The highest BCUT2D eigenvalue weighted by Crippen LogP contribution is 2.27. The number of hydrogen-bond acceptors (Lipinski definition) is 3. The Kier molecular flexibility index (Phi) is 3.10. The van der Waals surface area contributed by atoms with E-state index in [1.165, 1.54) is 12.3 Å². The highest BCUT2D eigenvalue weighted by molar-refractivity contribution is 5.81. The number of nitrogens with zero attached hydrogens (tertiary/aromatic N) is 3. The van der Waals surface area contributed by atoms with Gasteiger partial charge in [0.15, 0.2) is 5.82 Å². The lowest BCUT2D eigenvalue weighted by atomic mass is 10.2. The average Bonchev–Trinajstić information content (AvgIpc) is 2.80. The fourth-order valence-corrected chi connectivity index (χ4v) is 2.33. The molecule has 1 N–H and O–H groups in total. The number of hydrogen-bond donors (Lipinski definition) is 1. The molecule has 20 heavy (non-hydrogen) atoms. The molecule has 0 amide bonds. The summed E-state index contributed by atoms with van der Waals surface area (Å²) in [5.41, 5.74) is 1.78. The summed E-state index contributed by atoms with van der Waals surface area (Å²) < 4.78 is 15.8. The van der Waals surface area contributed by atoms with Crippen molar-refractivity contribution in [1.82, 2.24) is 14.5 Å². The van der Waals surface area contributed by atoms with Gasteiger partial charge < -0.3 is 9.67 Å². The molecular weight excluding hydrogens is 257 g/mol. The van der Waals surface area contributed by atoms with E-state index >= 15 is 0 Å². The largest absolute Gasteiger partial charge is 0.506 e. The van der Waals surface area contributed by atoms with E-state index in [4.69, 9.17) is 0 Å². The minimum Gasteiger partial charge on any atom is -0.506 e. The molecule has 0 aliphatic carbocycles. The number of para-hydroxylation sites is 1. The van der Waals surface area contributed by atoms with Gasteiger partial charge in [0.25, 0.3) is 0 Å². The summed E-state index contributed by atoms with van der Waals surface area (Å²) in [6, 6.07) is 6.51. The minimum absolute atomic E-state index is 0.0677. The minimum atomic E-state index is -0.341. The second-order valence-electron chi connectivity index (χ2n) is 4.63. The number of aryl methyl sites for hydroxylation is 1. The Bertz CT molecular complexity index is 767. The first-order valence-electron chi connectivity index (χ1n) is 6.50. The van der Waals surface area contributed by atoms with Crippen LogP contribution in [0, 0.1) is 5.82 Å². The van der Waals surface area contributed by atoms with Crippen molar-refractivity contribution in [2.24, 2.45) is 0 Å². The zero-order chi connectivity index (χ0) is 14.1. The van der Waals surface area contributed by atoms with Gasteiger partial charge in [-0.1, -0.05) is 13.0 Å². The van der Waals surface area contributed by atoms with Crippen LogP contribution in [-0.4, -0.2) is 19.6 Å². The van der Waals surface area contributed by atoms with Gasteiger partial charge in [-0.3, -0.25) is 4.98 Å². The molecule has 0 radical (unpaired) electrons. The predicted octanol–water partition coefficient (Wildman–Crippen LogP) is 3.35. The van der Waals surface area contributed by atoms with Gasteiger partial charge in [-0.05, 0) is 24.6 Å². The standard InChI is InChI=1S/C15H14FN3O/c1-2-6-19-13-5-3-4-12(16)14(13)18-15(19)10-7-11(20)9-17-8-10/h3-5,7-9,20H,2,6H2,1H3. The maximum Gasteiger partial charge on any atom is 0.151 e. The number of rotatable bonds is 3. The summed E-state index contributed by atoms with van der Waals surface area (Å²) in [4.78, 5) is 8.34. The van der Waals surface area contributed by atoms with Gasteiger partial charge in [0.2, 0.25) is 0 Å². The van der Waals surface area contributed by atoms with Crippen LogP contribution in [0.1, 0.15) is 13.3 Å². The van der Waals surface area contributed by atoms with Crippen LogP contribution in [0.15, 0.2) is 36.7 Å². The molecule has 0 atom stereocenters. The van der Waals surface area contributed by atoms with Crippen LogP contribution < -0.4 is 0 Å². The number of aromatic hydroxyl groups is 1. The summed E-state index contributed by atoms with van der Waals surface area (Å²) in [6.07, 6.45) is 3.88. The zero-order valence-corrected chi connectivity index (χ0v) is 11.0. The Morgan fingerprint density at radius 1 is 1.30 bits per heavy atom. The monoisotopic (exact) mass is 271 g/mol.